The van der Waals surface area contributed by atoms with Crippen LogP contribution in [-0.4, -0.2) is 50.5 Å². The number of carbonyl (C=O) groups excluding carboxylic acids is 1. The number of alkyl halides is 2. The first-order valence-corrected chi connectivity index (χ1v) is 6.65. The van der Waals surface area contributed by atoms with E-state index in [-0.39, 0.29) is 5.41 Å². The summed E-state index contributed by atoms with van der Waals surface area (Å²) in [5, 5.41) is 4.80. The minimum Gasteiger partial charge on any atom is -0.444 e. The van der Waals surface area contributed by atoms with Crippen molar-refractivity contribution in [3.63, 3.8) is 0 Å². The maximum atomic E-state index is 13.6. The van der Waals surface area contributed by atoms with Crippen LogP contribution in [0.2, 0.25) is 0 Å². The summed E-state index contributed by atoms with van der Waals surface area (Å²) in [6, 6.07) is 0. The van der Waals surface area contributed by atoms with E-state index in [1.807, 2.05) is 6.92 Å². The molecule has 7 heteroatoms. The molecule has 0 spiro atoms. The SMILES string of the molecule is CC1(CNCC(F)(F)CNC(=O)OC(C)(C)C)COC1. The molecule has 0 saturated carbocycles. The standard InChI is InChI=1S/C13H24F2N2O3/c1-11(2,3)20-10(18)17-7-13(14,15)6-16-5-12(4)8-19-9-12/h16H,5-9H2,1-4H3,(H,17,18). The number of carbonyl (C=O) groups is 1. The highest BCUT2D eigenvalue weighted by Gasteiger charge is 2.35. The zero-order chi connectivity index (χ0) is 15.4. The highest BCUT2D eigenvalue weighted by molar-refractivity contribution is 5.67. The minimum absolute atomic E-state index is 0.0608. The maximum Gasteiger partial charge on any atom is 0.407 e. The second kappa shape index (κ2) is 6.22. The van der Waals surface area contributed by atoms with Crippen LogP contribution in [0.4, 0.5) is 13.6 Å². The lowest BCUT2D eigenvalue weighted by atomic mass is 9.89. The fourth-order valence-corrected chi connectivity index (χ4v) is 1.68. The van der Waals surface area contributed by atoms with E-state index in [9.17, 15) is 13.6 Å². The summed E-state index contributed by atoms with van der Waals surface area (Å²) in [5.41, 5.74) is -0.759. The summed E-state index contributed by atoms with van der Waals surface area (Å²) in [4.78, 5) is 11.3. The van der Waals surface area contributed by atoms with Gasteiger partial charge < -0.3 is 20.1 Å². The normalized spacial score (nSPS) is 18.3. The maximum absolute atomic E-state index is 13.6. The van der Waals surface area contributed by atoms with Gasteiger partial charge in [0.2, 0.25) is 0 Å². The molecule has 1 heterocycles. The lowest BCUT2D eigenvalue weighted by Gasteiger charge is -2.38. The first-order valence-electron chi connectivity index (χ1n) is 6.65. The predicted octanol–water partition coefficient (Wildman–Crippen LogP) is 1.77. The number of rotatable bonds is 6. The molecule has 0 aromatic carbocycles. The van der Waals surface area contributed by atoms with E-state index in [4.69, 9.17) is 9.47 Å². The van der Waals surface area contributed by atoms with E-state index in [0.29, 0.717) is 19.8 Å². The summed E-state index contributed by atoms with van der Waals surface area (Å²) >= 11 is 0. The topological polar surface area (TPSA) is 59.6 Å². The quantitative estimate of drug-likeness (QED) is 0.784. The van der Waals surface area contributed by atoms with Crippen LogP contribution in [0, 0.1) is 5.41 Å². The van der Waals surface area contributed by atoms with Gasteiger partial charge in [0.15, 0.2) is 0 Å². The van der Waals surface area contributed by atoms with Gasteiger partial charge in [-0.2, -0.15) is 0 Å². The van der Waals surface area contributed by atoms with E-state index in [1.165, 1.54) is 0 Å². The Balaban J connectivity index is 2.21. The lowest BCUT2D eigenvalue weighted by molar-refractivity contribution is -0.102. The van der Waals surface area contributed by atoms with Crippen molar-refractivity contribution in [2.75, 3.05) is 32.8 Å². The molecule has 0 aromatic heterocycles. The number of halogens is 2. The van der Waals surface area contributed by atoms with E-state index in [2.05, 4.69) is 10.6 Å². The van der Waals surface area contributed by atoms with Crippen molar-refractivity contribution in [2.45, 2.75) is 39.2 Å². The third kappa shape index (κ3) is 6.47. The number of alkyl carbamates (subject to hydrolysis) is 1. The van der Waals surface area contributed by atoms with Crippen molar-refractivity contribution in [1.82, 2.24) is 10.6 Å². The van der Waals surface area contributed by atoms with Crippen LogP contribution in [0.15, 0.2) is 0 Å². The summed E-state index contributed by atoms with van der Waals surface area (Å²) in [6.07, 6.45) is -0.837. The third-order valence-electron chi connectivity index (χ3n) is 2.73. The van der Waals surface area contributed by atoms with Gasteiger partial charge in [0.25, 0.3) is 5.92 Å². The fraction of sp³-hybridized carbons (Fsp3) is 0.923. The molecule has 0 radical (unpaired) electrons. The molecule has 0 unspecified atom stereocenters. The fourth-order valence-electron chi connectivity index (χ4n) is 1.68. The van der Waals surface area contributed by atoms with Crippen LogP contribution in [0.1, 0.15) is 27.7 Å². The molecule has 1 aliphatic heterocycles. The summed E-state index contributed by atoms with van der Waals surface area (Å²) in [6.45, 7) is 7.40. The highest BCUT2D eigenvalue weighted by Crippen LogP contribution is 2.25. The van der Waals surface area contributed by atoms with Crippen molar-refractivity contribution in [3.05, 3.63) is 0 Å². The van der Waals surface area contributed by atoms with Gasteiger partial charge in [0, 0.05) is 12.0 Å². The Morgan fingerprint density at radius 2 is 1.90 bits per heavy atom. The van der Waals surface area contributed by atoms with Crippen LogP contribution in [0.3, 0.4) is 0 Å². The average molecular weight is 294 g/mol. The Labute approximate surface area is 118 Å². The van der Waals surface area contributed by atoms with Gasteiger partial charge in [-0.15, -0.1) is 0 Å². The Morgan fingerprint density at radius 3 is 2.35 bits per heavy atom. The van der Waals surface area contributed by atoms with Gasteiger partial charge in [-0.05, 0) is 20.8 Å². The molecular weight excluding hydrogens is 270 g/mol. The summed E-state index contributed by atoms with van der Waals surface area (Å²) in [5.74, 6) is -3.02. The van der Waals surface area contributed by atoms with Crippen molar-refractivity contribution in [1.29, 1.82) is 0 Å². The Hall–Kier alpha value is -0.950. The van der Waals surface area contributed by atoms with E-state index in [0.717, 1.165) is 0 Å². The van der Waals surface area contributed by atoms with Gasteiger partial charge in [-0.1, -0.05) is 6.92 Å². The monoisotopic (exact) mass is 294 g/mol. The van der Waals surface area contributed by atoms with Crippen LogP contribution < -0.4 is 10.6 Å². The van der Waals surface area contributed by atoms with Crippen molar-refractivity contribution >= 4 is 6.09 Å². The van der Waals surface area contributed by atoms with Gasteiger partial charge >= 0.3 is 6.09 Å². The van der Waals surface area contributed by atoms with Crippen molar-refractivity contribution in [2.24, 2.45) is 5.41 Å². The molecule has 0 atom stereocenters. The molecule has 1 fully saturated rings. The van der Waals surface area contributed by atoms with Crippen LogP contribution in [0.25, 0.3) is 0 Å². The van der Waals surface area contributed by atoms with Crippen molar-refractivity contribution < 1.29 is 23.0 Å². The first-order chi connectivity index (χ1) is 9.02. The minimum atomic E-state index is -3.02. The number of ether oxygens (including phenoxy) is 2. The number of nitrogens with one attached hydrogen (secondary N) is 2. The zero-order valence-electron chi connectivity index (χ0n) is 12.5. The molecule has 0 bridgehead atoms. The van der Waals surface area contributed by atoms with Gasteiger partial charge in [-0.25, -0.2) is 13.6 Å². The number of hydrogen-bond donors (Lipinski definition) is 2. The summed E-state index contributed by atoms with van der Waals surface area (Å²) in [7, 11) is 0. The third-order valence-corrected chi connectivity index (χ3v) is 2.73. The molecule has 1 saturated heterocycles. The molecule has 118 valence electrons. The van der Waals surface area contributed by atoms with Gasteiger partial charge in [0.05, 0.1) is 26.3 Å². The predicted molar refractivity (Wildman–Crippen MR) is 71.0 cm³/mol. The summed E-state index contributed by atoms with van der Waals surface area (Å²) < 4.78 is 37.0. The van der Waals surface area contributed by atoms with Crippen LogP contribution in [0.5, 0.6) is 0 Å². The molecule has 1 rings (SSSR count). The lowest BCUT2D eigenvalue weighted by Crippen LogP contribution is -2.51. The van der Waals surface area contributed by atoms with Gasteiger partial charge in [-0.3, -0.25) is 0 Å². The number of amides is 1. The van der Waals surface area contributed by atoms with Crippen LogP contribution >= 0.6 is 0 Å². The Bertz CT molecular complexity index is 339. The number of hydrogen-bond acceptors (Lipinski definition) is 4. The average Bonchev–Trinajstić information content (AvgIpc) is 2.22. The van der Waals surface area contributed by atoms with E-state index >= 15 is 0 Å². The Kier molecular flexibility index (Phi) is 5.32. The second-order valence-electron chi connectivity index (χ2n) is 6.62. The van der Waals surface area contributed by atoms with E-state index in [1.54, 1.807) is 20.8 Å². The molecular formula is C13H24F2N2O3. The molecule has 2 N–H and O–H groups in total. The molecule has 1 aliphatic rings. The molecule has 20 heavy (non-hydrogen) atoms. The molecule has 0 aliphatic carbocycles. The first kappa shape index (κ1) is 17.1. The molecule has 0 aromatic rings. The Morgan fingerprint density at radius 1 is 1.30 bits per heavy atom. The second-order valence-corrected chi connectivity index (χ2v) is 6.62. The molecule has 5 nitrogen and oxygen atoms in total. The smallest absolute Gasteiger partial charge is 0.407 e. The largest absolute Gasteiger partial charge is 0.444 e. The van der Waals surface area contributed by atoms with E-state index < -0.39 is 30.7 Å². The van der Waals surface area contributed by atoms with Crippen LogP contribution in [-0.2, 0) is 9.47 Å². The highest BCUT2D eigenvalue weighted by atomic mass is 19.3. The van der Waals surface area contributed by atoms with Crippen molar-refractivity contribution in [3.8, 4) is 0 Å². The van der Waals surface area contributed by atoms with Gasteiger partial charge in [0.1, 0.15) is 5.60 Å². The molecule has 1 amide bonds. The zero-order valence-corrected chi connectivity index (χ0v) is 12.5.